The van der Waals surface area contributed by atoms with E-state index in [-0.39, 0.29) is 16.5 Å². The third-order valence-corrected chi connectivity index (χ3v) is 9.20. The first kappa shape index (κ1) is 22.1. The number of anilines is 2. The molecule has 3 N–H and O–H groups in total. The van der Waals surface area contributed by atoms with Gasteiger partial charge < -0.3 is 10.6 Å². The number of rotatable bonds is 3. The van der Waals surface area contributed by atoms with Crippen LogP contribution in [-0.2, 0) is 30.3 Å². The van der Waals surface area contributed by atoms with E-state index >= 15 is 0 Å². The lowest BCUT2D eigenvalue weighted by Crippen LogP contribution is -2.17. The molecule has 0 fully saturated rings. The van der Waals surface area contributed by atoms with Gasteiger partial charge in [0.25, 0.3) is 0 Å². The molecule has 0 aliphatic carbocycles. The molecular formula is C19H15ClF3N5OS3. The Kier molecular flexibility index (Phi) is 5.93. The summed E-state index contributed by atoms with van der Waals surface area (Å²) in [4.78, 5) is 9.06. The lowest BCUT2D eigenvalue weighted by atomic mass is 10.1. The topological polar surface area (TPSA) is 78.9 Å². The van der Waals surface area contributed by atoms with E-state index in [1.165, 1.54) is 11.8 Å². The number of nitrogens with zero attached hydrogens (tertiary/aromatic N) is 2. The van der Waals surface area contributed by atoms with Crippen molar-refractivity contribution in [3.8, 4) is 10.6 Å². The van der Waals surface area contributed by atoms with E-state index in [4.69, 9.17) is 11.6 Å². The summed E-state index contributed by atoms with van der Waals surface area (Å²) in [6.45, 7) is 1.96. The summed E-state index contributed by atoms with van der Waals surface area (Å²) in [7, 11) is -1.47. The van der Waals surface area contributed by atoms with Crippen LogP contribution < -0.4 is 15.4 Å². The highest BCUT2D eigenvalue weighted by Crippen LogP contribution is 2.43. The molecule has 3 aromatic rings. The van der Waals surface area contributed by atoms with E-state index < -0.39 is 22.7 Å². The van der Waals surface area contributed by atoms with E-state index in [1.807, 2.05) is 12.1 Å². The van der Waals surface area contributed by atoms with Crippen molar-refractivity contribution in [3.63, 3.8) is 0 Å². The molecule has 1 unspecified atom stereocenters. The summed E-state index contributed by atoms with van der Waals surface area (Å²) in [5.41, 5.74) is 1.44. The molecule has 0 radical (unpaired) electrons. The summed E-state index contributed by atoms with van der Waals surface area (Å²) >= 11 is 8.84. The normalized spacial score (nSPS) is 18.2. The number of alkyl halides is 3. The maximum absolute atomic E-state index is 13.7. The highest BCUT2D eigenvalue weighted by Gasteiger charge is 2.36. The molecule has 0 saturated heterocycles. The number of thiophene rings is 1. The van der Waals surface area contributed by atoms with Crippen LogP contribution in [0, 0.1) is 0 Å². The zero-order chi connectivity index (χ0) is 22.5. The number of thioether (sulfide) groups is 1. The van der Waals surface area contributed by atoms with Gasteiger partial charge >= 0.3 is 6.18 Å². The minimum absolute atomic E-state index is 0.00343. The molecule has 1 aromatic carbocycles. The second-order valence-electron chi connectivity index (χ2n) is 7.06. The predicted molar refractivity (Wildman–Crippen MR) is 121 cm³/mol. The Labute approximate surface area is 197 Å². The number of benzene rings is 1. The molecule has 2 aliphatic rings. The van der Waals surface area contributed by atoms with Crippen LogP contribution in [0.3, 0.4) is 0 Å². The first-order valence-electron chi connectivity index (χ1n) is 9.45. The smallest absolute Gasteiger partial charge is 0.323 e. The summed E-state index contributed by atoms with van der Waals surface area (Å²) in [6, 6.07) is 5.28. The summed E-state index contributed by atoms with van der Waals surface area (Å²) < 4.78 is 56.9. The SMILES string of the molecule is O=S1NCCSc2cc(-c3nc(Nc4cc5c(cc4Cl)CNC5)ncc3C(F)(F)F)sc21. The van der Waals surface area contributed by atoms with Crippen molar-refractivity contribution in [1.82, 2.24) is 20.0 Å². The standard InChI is InChI=1S/C19H15ClF3N5OS3/c20-12-3-9-6-24-7-10(9)4-13(12)27-18-25-8-11(19(21,22)23)16(28-18)14-5-15-17(31-14)32(29)26-1-2-30-15/h3-5,8,24,26H,1-2,6-7H2,(H,25,27,28). The van der Waals surface area contributed by atoms with Gasteiger partial charge in [-0.2, -0.15) is 13.2 Å². The van der Waals surface area contributed by atoms with Crippen LogP contribution in [0.2, 0.25) is 5.02 Å². The number of hydrogen-bond donors (Lipinski definition) is 3. The number of hydrogen-bond acceptors (Lipinski definition) is 7. The van der Waals surface area contributed by atoms with Crippen molar-refractivity contribution in [3.05, 3.63) is 46.1 Å². The predicted octanol–water partition coefficient (Wildman–Crippen LogP) is 4.94. The molecule has 32 heavy (non-hydrogen) atoms. The van der Waals surface area contributed by atoms with Crippen LogP contribution in [0.4, 0.5) is 24.8 Å². The van der Waals surface area contributed by atoms with Crippen molar-refractivity contribution in [2.75, 3.05) is 17.6 Å². The van der Waals surface area contributed by atoms with E-state index in [0.29, 0.717) is 45.2 Å². The van der Waals surface area contributed by atoms with Crippen LogP contribution >= 0.6 is 34.7 Å². The van der Waals surface area contributed by atoms with Gasteiger partial charge in [-0.25, -0.2) is 18.9 Å². The molecule has 0 bridgehead atoms. The Morgan fingerprint density at radius 3 is 2.75 bits per heavy atom. The Bertz CT molecular complexity index is 1230. The Morgan fingerprint density at radius 2 is 1.97 bits per heavy atom. The molecule has 2 aliphatic heterocycles. The van der Waals surface area contributed by atoms with Crippen LogP contribution in [0.25, 0.3) is 10.6 Å². The van der Waals surface area contributed by atoms with Gasteiger partial charge in [-0.05, 0) is 29.3 Å². The van der Waals surface area contributed by atoms with E-state index in [0.717, 1.165) is 28.7 Å². The van der Waals surface area contributed by atoms with Gasteiger partial charge in [0.1, 0.15) is 20.8 Å². The molecule has 2 aromatic heterocycles. The number of nitrogens with one attached hydrogen (secondary N) is 3. The van der Waals surface area contributed by atoms with E-state index in [1.54, 1.807) is 6.07 Å². The third kappa shape index (κ3) is 4.27. The Balaban J connectivity index is 1.56. The van der Waals surface area contributed by atoms with Crippen LogP contribution in [0.15, 0.2) is 33.5 Å². The van der Waals surface area contributed by atoms with Gasteiger partial charge in [-0.3, -0.25) is 0 Å². The van der Waals surface area contributed by atoms with Gasteiger partial charge in [-0.1, -0.05) is 11.6 Å². The number of halogens is 4. The first-order chi connectivity index (χ1) is 15.3. The van der Waals surface area contributed by atoms with Crippen molar-refractivity contribution < 1.29 is 17.4 Å². The molecule has 0 spiro atoms. The van der Waals surface area contributed by atoms with Gasteiger partial charge in [-0.15, -0.1) is 23.1 Å². The molecule has 6 nitrogen and oxygen atoms in total. The van der Waals surface area contributed by atoms with Crippen molar-refractivity contribution in [2.45, 2.75) is 28.4 Å². The fraction of sp³-hybridized carbons (Fsp3) is 0.263. The summed E-state index contributed by atoms with van der Waals surface area (Å²) in [6.07, 6.45) is -3.88. The Hall–Kier alpha value is -1.70. The number of fused-ring (bicyclic) bond motifs is 2. The fourth-order valence-electron chi connectivity index (χ4n) is 3.44. The van der Waals surface area contributed by atoms with Crippen molar-refractivity contribution in [1.29, 1.82) is 0 Å². The molecule has 168 valence electrons. The molecule has 0 amide bonds. The molecule has 13 heteroatoms. The van der Waals surface area contributed by atoms with Gasteiger partial charge in [0.05, 0.1) is 21.3 Å². The largest absolute Gasteiger partial charge is 0.420 e. The second kappa shape index (κ2) is 8.58. The molecule has 1 atom stereocenters. The van der Waals surface area contributed by atoms with Crippen molar-refractivity contribution in [2.24, 2.45) is 0 Å². The lowest BCUT2D eigenvalue weighted by Gasteiger charge is -2.14. The molecule has 0 saturated carbocycles. The maximum Gasteiger partial charge on any atom is 0.420 e. The van der Waals surface area contributed by atoms with Crippen LogP contribution in [-0.4, -0.2) is 26.5 Å². The zero-order valence-electron chi connectivity index (χ0n) is 16.2. The average molecular weight is 518 g/mol. The minimum atomic E-state index is -4.64. The van der Waals surface area contributed by atoms with Gasteiger partial charge in [0, 0.05) is 36.5 Å². The minimum Gasteiger partial charge on any atom is -0.323 e. The first-order valence-corrected chi connectivity index (χ1v) is 12.8. The second-order valence-corrected chi connectivity index (χ2v) is 11.1. The Morgan fingerprint density at radius 1 is 1.19 bits per heavy atom. The zero-order valence-corrected chi connectivity index (χ0v) is 19.4. The molecule has 4 heterocycles. The monoisotopic (exact) mass is 517 g/mol. The van der Waals surface area contributed by atoms with Gasteiger partial charge in [0.2, 0.25) is 5.95 Å². The maximum atomic E-state index is 13.7. The summed E-state index contributed by atoms with van der Waals surface area (Å²) in [5, 5.41) is 6.60. The van der Waals surface area contributed by atoms with E-state index in [9.17, 15) is 17.4 Å². The average Bonchev–Trinajstić information content (AvgIpc) is 3.33. The molecular weight excluding hydrogens is 503 g/mol. The van der Waals surface area contributed by atoms with Crippen LogP contribution in [0.5, 0.6) is 0 Å². The van der Waals surface area contributed by atoms with Crippen molar-refractivity contribution >= 4 is 57.3 Å². The number of aromatic nitrogens is 2. The fourth-order valence-corrected chi connectivity index (χ4v) is 7.52. The van der Waals surface area contributed by atoms with Crippen LogP contribution in [0.1, 0.15) is 16.7 Å². The highest BCUT2D eigenvalue weighted by atomic mass is 35.5. The van der Waals surface area contributed by atoms with E-state index in [2.05, 4.69) is 25.3 Å². The lowest BCUT2D eigenvalue weighted by molar-refractivity contribution is -0.137. The molecule has 5 rings (SSSR count). The quantitative estimate of drug-likeness (QED) is 0.456. The highest BCUT2D eigenvalue weighted by molar-refractivity contribution is 8.00. The summed E-state index contributed by atoms with van der Waals surface area (Å²) in [5.74, 6) is 0.667. The third-order valence-electron chi connectivity index (χ3n) is 4.92. The van der Waals surface area contributed by atoms with Gasteiger partial charge in [0.15, 0.2) is 0 Å².